The van der Waals surface area contributed by atoms with E-state index in [1.165, 1.54) is 7.11 Å². The summed E-state index contributed by atoms with van der Waals surface area (Å²) in [6.07, 6.45) is 3.34. The summed E-state index contributed by atoms with van der Waals surface area (Å²) in [7, 11) is 1.50. The van der Waals surface area contributed by atoms with Crippen LogP contribution in [0.3, 0.4) is 0 Å². The molecule has 2 aromatic rings. The van der Waals surface area contributed by atoms with E-state index in [0.29, 0.717) is 12.3 Å². The predicted octanol–water partition coefficient (Wildman–Crippen LogP) is 3.51. The summed E-state index contributed by atoms with van der Waals surface area (Å²) in [4.78, 5) is 0. The molecule has 1 aromatic heterocycles. The standard InChI is InChI=1S/C16H18FNO2/c1-10-7-8-20-15(10)9-18-13-5-3-12-11(13)4-6-14(19-2)16(12)17/h4,6-8,13,18H,3,5,9H2,1-2H3. The van der Waals surface area contributed by atoms with Crippen molar-refractivity contribution in [3.63, 3.8) is 0 Å². The number of nitrogens with one attached hydrogen (secondary N) is 1. The Balaban J connectivity index is 1.76. The van der Waals surface area contributed by atoms with E-state index < -0.39 is 0 Å². The number of ether oxygens (including phenoxy) is 1. The molecule has 0 radical (unpaired) electrons. The molecule has 1 aliphatic carbocycles. The number of halogens is 1. The Kier molecular flexibility index (Phi) is 3.49. The Labute approximate surface area is 117 Å². The van der Waals surface area contributed by atoms with Crippen molar-refractivity contribution in [2.24, 2.45) is 0 Å². The first-order chi connectivity index (χ1) is 9.70. The summed E-state index contributed by atoms with van der Waals surface area (Å²) in [6, 6.07) is 5.78. The van der Waals surface area contributed by atoms with Crippen LogP contribution in [0.1, 0.15) is 34.9 Å². The molecule has 106 valence electrons. The lowest BCUT2D eigenvalue weighted by Gasteiger charge is -2.14. The fourth-order valence-electron chi connectivity index (χ4n) is 2.81. The molecule has 0 saturated carbocycles. The van der Waals surface area contributed by atoms with Gasteiger partial charge in [-0.05, 0) is 48.6 Å². The Morgan fingerprint density at radius 1 is 1.40 bits per heavy atom. The maximum absolute atomic E-state index is 14.2. The quantitative estimate of drug-likeness (QED) is 0.927. The van der Waals surface area contributed by atoms with Gasteiger partial charge in [0.2, 0.25) is 0 Å². The lowest BCUT2D eigenvalue weighted by Crippen LogP contribution is -2.18. The first-order valence-corrected chi connectivity index (χ1v) is 6.82. The zero-order valence-electron chi connectivity index (χ0n) is 11.7. The minimum Gasteiger partial charge on any atom is -0.494 e. The molecular weight excluding hydrogens is 257 g/mol. The van der Waals surface area contributed by atoms with E-state index in [-0.39, 0.29) is 11.9 Å². The molecule has 0 bridgehead atoms. The summed E-state index contributed by atoms with van der Waals surface area (Å²) in [5.74, 6) is 1.04. The van der Waals surface area contributed by atoms with Crippen molar-refractivity contribution in [3.05, 3.63) is 52.7 Å². The van der Waals surface area contributed by atoms with Crippen molar-refractivity contribution in [3.8, 4) is 5.75 Å². The molecule has 1 unspecified atom stereocenters. The first-order valence-electron chi connectivity index (χ1n) is 6.82. The van der Waals surface area contributed by atoms with Crippen molar-refractivity contribution in [1.82, 2.24) is 5.32 Å². The monoisotopic (exact) mass is 275 g/mol. The molecule has 1 aliphatic rings. The minimum atomic E-state index is -0.219. The Morgan fingerprint density at radius 3 is 2.95 bits per heavy atom. The second kappa shape index (κ2) is 5.29. The third-order valence-electron chi connectivity index (χ3n) is 4.00. The van der Waals surface area contributed by atoms with Crippen LogP contribution in [-0.4, -0.2) is 7.11 Å². The minimum absolute atomic E-state index is 0.176. The van der Waals surface area contributed by atoms with Gasteiger partial charge < -0.3 is 14.5 Å². The van der Waals surface area contributed by atoms with Gasteiger partial charge in [0.25, 0.3) is 0 Å². The van der Waals surface area contributed by atoms with E-state index in [4.69, 9.17) is 9.15 Å². The van der Waals surface area contributed by atoms with Crippen LogP contribution in [-0.2, 0) is 13.0 Å². The number of furan rings is 1. The molecule has 3 nitrogen and oxygen atoms in total. The van der Waals surface area contributed by atoms with Gasteiger partial charge in [-0.15, -0.1) is 0 Å². The normalized spacial score (nSPS) is 17.2. The number of aryl methyl sites for hydroxylation is 1. The van der Waals surface area contributed by atoms with E-state index in [2.05, 4.69) is 5.32 Å². The van der Waals surface area contributed by atoms with Crippen molar-refractivity contribution in [2.75, 3.05) is 7.11 Å². The number of hydrogen-bond acceptors (Lipinski definition) is 3. The predicted molar refractivity (Wildman–Crippen MR) is 74.3 cm³/mol. The molecule has 0 saturated heterocycles. The number of rotatable bonds is 4. The van der Waals surface area contributed by atoms with Gasteiger partial charge in [-0.2, -0.15) is 0 Å². The van der Waals surface area contributed by atoms with E-state index in [9.17, 15) is 4.39 Å². The molecule has 0 amide bonds. The summed E-state index contributed by atoms with van der Waals surface area (Å²) >= 11 is 0. The van der Waals surface area contributed by atoms with E-state index in [1.54, 1.807) is 12.3 Å². The largest absolute Gasteiger partial charge is 0.494 e. The summed E-state index contributed by atoms with van der Waals surface area (Å²) in [6.45, 7) is 2.68. The molecule has 20 heavy (non-hydrogen) atoms. The molecule has 0 aliphatic heterocycles. The van der Waals surface area contributed by atoms with Gasteiger partial charge in [0.1, 0.15) is 5.76 Å². The molecule has 1 aromatic carbocycles. The molecule has 0 spiro atoms. The van der Waals surface area contributed by atoms with Crippen molar-refractivity contribution in [2.45, 2.75) is 32.4 Å². The highest BCUT2D eigenvalue weighted by Gasteiger charge is 2.26. The average Bonchev–Trinajstić information content (AvgIpc) is 3.04. The Morgan fingerprint density at radius 2 is 2.25 bits per heavy atom. The summed E-state index contributed by atoms with van der Waals surface area (Å²) < 4.78 is 24.6. The topological polar surface area (TPSA) is 34.4 Å². The van der Waals surface area contributed by atoms with Gasteiger partial charge in [0.05, 0.1) is 19.9 Å². The van der Waals surface area contributed by atoms with Crippen LogP contribution >= 0.6 is 0 Å². The summed E-state index contributed by atoms with van der Waals surface area (Å²) in [5, 5.41) is 3.44. The van der Waals surface area contributed by atoms with Crippen LogP contribution in [0.15, 0.2) is 28.9 Å². The highest BCUT2D eigenvalue weighted by Crippen LogP contribution is 2.36. The van der Waals surface area contributed by atoms with Crippen LogP contribution in [0, 0.1) is 12.7 Å². The number of benzene rings is 1. The maximum atomic E-state index is 14.2. The zero-order valence-corrected chi connectivity index (χ0v) is 11.7. The van der Waals surface area contributed by atoms with Gasteiger partial charge >= 0.3 is 0 Å². The van der Waals surface area contributed by atoms with Gasteiger partial charge in [0, 0.05) is 6.04 Å². The Bertz CT molecular complexity index is 621. The van der Waals surface area contributed by atoms with Crippen LogP contribution in [0.25, 0.3) is 0 Å². The van der Waals surface area contributed by atoms with Crippen LogP contribution in [0.5, 0.6) is 5.75 Å². The van der Waals surface area contributed by atoms with E-state index >= 15 is 0 Å². The highest BCUT2D eigenvalue weighted by molar-refractivity contribution is 5.42. The number of fused-ring (bicyclic) bond motifs is 1. The van der Waals surface area contributed by atoms with Crippen LogP contribution in [0.2, 0.25) is 0 Å². The third-order valence-corrected chi connectivity index (χ3v) is 4.00. The third kappa shape index (κ3) is 2.20. The lowest BCUT2D eigenvalue weighted by molar-refractivity contribution is 0.384. The average molecular weight is 275 g/mol. The van der Waals surface area contributed by atoms with Crippen LogP contribution in [0.4, 0.5) is 4.39 Å². The lowest BCUT2D eigenvalue weighted by atomic mass is 10.1. The molecule has 1 atom stereocenters. The van der Waals surface area contributed by atoms with Gasteiger partial charge in [-0.3, -0.25) is 0 Å². The van der Waals surface area contributed by atoms with Crippen molar-refractivity contribution < 1.29 is 13.5 Å². The van der Waals surface area contributed by atoms with E-state index in [0.717, 1.165) is 35.3 Å². The number of methoxy groups -OCH3 is 1. The molecular formula is C16H18FNO2. The molecule has 3 rings (SSSR count). The SMILES string of the molecule is COc1ccc2c(c1F)CCC2NCc1occc1C. The summed E-state index contributed by atoms with van der Waals surface area (Å²) in [5.41, 5.74) is 2.95. The number of hydrogen-bond donors (Lipinski definition) is 1. The second-order valence-electron chi connectivity index (χ2n) is 5.15. The fraction of sp³-hybridized carbons (Fsp3) is 0.375. The molecule has 4 heteroatoms. The first kappa shape index (κ1) is 13.2. The molecule has 1 heterocycles. The second-order valence-corrected chi connectivity index (χ2v) is 5.15. The van der Waals surface area contributed by atoms with Gasteiger partial charge in [0.15, 0.2) is 11.6 Å². The Hall–Kier alpha value is -1.81. The van der Waals surface area contributed by atoms with E-state index in [1.807, 2.05) is 19.1 Å². The highest BCUT2D eigenvalue weighted by atomic mass is 19.1. The molecule has 0 fully saturated rings. The van der Waals surface area contributed by atoms with Crippen molar-refractivity contribution >= 4 is 0 Å². The van der Waals surface area contributed by atoms with Gasteiger partial charge in [-0.25, -0.2) is 4.39 Å². The van der Waals surface area contributed by atoms with Gasteiger partial charge in [-0.1, -0.05) is 6.07 Å². The van der Waals surface area contributed by atoms with Crippen LogP contribution < -0.4 is 10.1 Å². The smallest absolute Gasteiger partial charge is 0.168 e. The molecule has 1 N–H and O–H groups in total. The fourth-order valence-corrected chi connectivity index (χ4v) is 2.81. The maximum Gasteiger partial charge on any atom is 0.168 e. The van der Waals surface area contributed by atoms with Crippen molar-refractivity contribution in [1.29, 1.82) is 0 Å². The zero-order chi connectivity index (χ0) is 14.1.